The molecule has 0 saturated carbocycles. The van der Waals surface area contributed by atoms with E-state index in [2.05, 4.69) is 10.4 Å². The van der Waals surface area contributed by atoms with Crippen LogP contribution in [0.3, 0.4) is 0 Å². The van der Waals surface area contributed by atoms with E-state index in [1.165, 1.54) is 13.8 Å². The van der Waals surface area contributed by atoms with Gasteiger partial charge in [-0.25, -0.2) is 4.79 Å². The Morgan fingerprint density at radius 1 is 1.21 bits per heavy atom. The molecule has 0 fully saturated rings. The van der Waals surface area contributed by atoms with Crippen LogP contribution in [0.15, 0.2) is 54.6 Å². The van der Waals surface area contributed by atoms with Crippen molar-refractivity contribution in [1.29, 1.82) is 0 Å². The van der Waals surface area contributed by atoms with E-state index in [0.29, 0.717) is 17.3 Å². The molecule has 7 heteroatoms. The molecule has 0 unspecified atom stereocenters. The van der Waals surface area contributed by atoms with Crippen LogP contribution < -0.4 is 5.32 Å². The lowest BCUT2D eigenvalue weighted by Gasteiger charge is -2.19. The van der Waals surface area contributed by atoms with Gasteiger partial charge in [0.2, 0.25) is 0 Å². The van der Waals surface area contributed by atoms with Crippen LogP contribution in [0, 0.1) is 0 Å². The molecule has 0 aliphatic carbocycles. The molecule has 1 heterocycles. The van der Waals surface area contributed by atoms with Crippen LogP contribution in [-0.2, 0) is 22.7 Å². The number of aromatic nitrogens is 2. The van der Waals surface area contributed by atoms with Crippen LogP contribution in [0.4, 0.5) is 5.69 Å². The molecule has 0 aliphatic heterocycles. The molecule has 0 saturated heterocycles. The summed E-state index contributed by atoms with van der Waals surface area (Å²) in [5.74, 6) is -1.02. The zero-order valence-corrected chi connectivity index (χ0v) is 17.4. The summed E-state index contributed by atoms with van der Waals surface area (Å²) >= 11 is 6.34. The molecule has 1 aromatic heterocycles. The highest BCUT2D eigenvalue weighted by molar-refractivity contribution is 6.31. The molecule has 0 aliphatic rings. The summed E-state index contributed by atoms with van der Waals surface area (Å²) < 4.78 is 7.45. The maximum Gasteiger partial charge on any atom is 0.335 e. The SMILES string of the molecule is CNc1cccc(-c2cc(COC(C)(C)C(=O)O)nn2Cc2ccccc2Cl)c1. The van der Waals surface area contributed by atoms with Gasteiger partial charge in [-0.05, 0) is 43.7 Å². The van der Waals surface area contributed by atoms with Gasteiger partial charge in [-0.15, -0.1) is 0 Å². The lowest BCUT2D eigenvalue weighted by Crippen LogP contribution is -2.34. The van der Waals surface area contributed by atoms with Crippen molar-refractivity contribution in [2.45, 2.75) is 32.6 Å². The first-order valence-corrected chi connectivity index (χ1v) is 9.63. The number of benzene rings is 2. The minimum absolute atomic E-state index is 0.0908. The number of ether oxygens (including phenoxy) is 1. The molecule has 6 nitrogen and oxygen atoms in total. The Hall–Kier alpha value is -2.83. The minimum Gasteiger partial charge on any atom is -0.479 e. The first kappa shape index (κ1) is 20.9. The summed E-state index contributed by atoms with van der Waals surface area (Å²) in [5, 5.41) is 17.7. The van der Waals surface area contributed by atoms with E-state index in [1.54, 1.807) is 0 Å². The summed E-state index contributed by atoms with van der Waals surface area (Å²) in [6, 6.07) is 17.5. The summed E-state index contributed by atoms with van der Waals surface area (Å²) in [5.41, 5.74) is 3.17. The van der Waals surface area contributed by atoms with E-state index in [-0.39, 0.29) is 6.61 Å². The smallest absolute Gasteiger partial charge is 0.335 e. The zero-order chi connectivity index (χ0) is 21.0. The van der Waals surface area contributed by atoms with Crippen molar-refractivity contribution in [1.82, 2.24) is 9.78 Å². The van der Waals surface area contributed by atoms with E-state index in [9.17, 15) is 9.90 Å². The molecule has 0 amide bonds. The highest BCUT2D eigenvalue weighted by atomic mass is 35.5. The molecule has 2 aromatic carbocycles. The third-order valence-electron chi connectivity index (χ3n) is 4.65. The fraction of sp³-hybridized carbons (Fsp3) is 0.273. The van der Waals surface area contributed by atoms with E-state index in [0.717, 1.165) is 22.5 Å². The molecule has 29 heavy (non-hydrogen) atoms. The van der Waals surface area contributed by atoms with Crippen molar-refractivity contribution in [3.05, 3.63) is 70.9 Å². The van der Waals surface area contributed by atoms with Gasteiger partial charge in [0.1, 0.15) is 0 Å². The fourth-order valence-electron chi connectivity index (χ4n) is 2.83. The van der Waals surface area contributed by atoms with Crippen molar-refractivity contribution < 1.29 is 14.6 Å². The number of hydrogen-bond acceptors (Lipinski definition) is 4. The Morgan fingerprint density at radius 2 is 1.97 bits per heavy atom. The Labute approximate surface area is 175 Å². The second-order valence-corrected chi connectivity index (χ2v) is 7.61. The third kappa shape index (κ3) is 4.96. The monoisotopic (exact) mass is 413 g/mol. The first-order chi connectivity index (χ1) is 13.8. The van der Waals surface area contributed by atoms with Crippen LogP contribution in [0.2, 0.25) is 5.02 Å². The van der Waals surface area contributed by atoms with Gasteiger partial charge < -0.3 is 15.2 Å². The van der Waals surface area contributed by atoms with Gasteiger partial charge in [-0.2, -0.15) is 5.10 Å². The van der Waals surface area contributed by atoms with E-state index >= 15 is 0 Å². The number of anilines is 1. The predicted molar refractivity (Wildman–Crippen MR) is 114 cm³/mol. The van der Waals surface area contributed by atoms with Crippen molar-refractivity contribution in [3.8, 4) is 11.3 Å². The predicted octanol–water partition coefficient (Wildman–Crippen LogP) is 4.67. The Balaban J connectivity index is 1.96. The van der Waals surface area contributed by atoms with Gasteiger partial charge in [-0.3, -0.25) is 4.68 Å². The van der Waals surface area contributed by atoms with Crippen LogP contribution >= 0.6 is 11.6 Å². The van der Waals surface area contributed by atoms with Gasteiger partial charge in [0, 0.05) is 23.3 Å². The summed E-state index contributed by atoms with van der Waals surface area (Å²) in [6.45, 7) is 3.62. The molecule has 3 aromatic rings. The number of rotatable bonds is 8. The van der Waals surface area contributed by atoms with Crippen LogP contribution in [0.25, 0.3) is 11.3 Å². The Kier molecular flexibility index (Phi) is 6.25. The minimum atomic E-state index is -1.29. The van der Waals surface area contributed by atoms with Gasteiger partial charge in [0.15, 0.2) is 5.60 Å². The van der Waals surface area contributed by atoms with Crippen LogP contribution in [0.5, 0.6) is 0 Å². The van der Waals surface area contributed by atoms with Crippen molar-refractivity contribution in [2.24, 2.45) is 0 Å². The highest BCUT2D eigenvalue weighted by Crippen LogP contribution is 2.26. The van der Waals surface area contributed by atoms with Gasteiger partial charge >= 0.3 is 5.97 Å². The van der Waals surface area contributed by atoms with Gasteiger partial charge in [-0.1, -0.05) is 41.9 Å². The van der Waals surface area contributed by atoms with E-state index in [1.807, 2.05) is 66.3 Å². The van der Waals surface area contributed by atoms with Crippen molar-refractivity contribution in [3.63, 3.8) is 0 Å². The van der Waals surface area contributed by atoms with E-state index < -0.39 is 11.6 Å². The second kappa shape index (κ2) is 8.68. The molecule has 0 atom stereocenters. The molecular weight excluding hydrogens is 390 g/mol. The fourth-order valence-corrected chi connectivity index (χ4v) is 3.03. The number of carboxylic acid groups (broad SMARTS) is 1. The van der Waals surface area contributed by atoms with Crippen LogP contribution in [-0.4, -0.2) is 33.5 Å². The second-order valence-electron chi connectivity index (χ2n) is 7.20. The molecular formula is C22H24ClN3O3. The number of halogens is 1. The molecule has 0 radical (unpaired) electrons. The molecule has 0 spiro atoms. The largest absolute Gasteiger partial charge is 0.479 e. The maximum absolute atomic E-state index is 11.3. The van der Waals surface area contributed by atoms with Gasteiger partial charge in [0.25, 0.3) is 0 Å². The lowest BCUT2D eigenvalue weighted by molar-refractivity contribution is -0.162. The number of carboxylic acids is 1. The number of aliphatic carboxylic acids is 1. The van der Waals surface area contributed by atoms with Crippen LogP contribution in [0.1, 0.15) is 25.1 Å². The number of nitrogens with one attached hydrogen (secondary N) is 1. The number of hydrogen-bond donors (Lipinski definition) is 2. The van der Waals surface area contributed by atoms with Crippen molar-refractivity contribution >= 4 is 23.3 Å². The first-order valence-electron chi connectivity index (χ1n) is 9.26. The average molecular weight is 414 g/mol. The lowest BCUT2D eigenvalue weighted by atomic mass is 10.1. The number of carbonyl (C=O) groups is 1. The Bertz CT molecular complexity index is 1010. The Morgan fingerprint density at radius 3 is 2.66 bits per heavy atom. The highest BCUT2D eigenvalue weighted by Gasteiger charge is 2.28. The average Bonchev–Trinajstić information content (AvgIpc) is 3.11. The molecule has 3 rings (SSSR count). The summed E-state index contributed by atoms with van der Waals surface area (Å²) in [6.07, 6.45) is 0. The maximum atomic E-state index is 11.3. The van der Waals surface area contributed by atoms with Gasteiger partial charge in [0.05, 0.1) is 24.5 Å². The number of nitrogens with zero attached hydrogens (tertiary/aromatic N) is 2. The normalized spacial score (nSPS) is 11.4. The van der Waals surface area contributed by atoms with Crippen molar-refractivity contribution in [2.75, 3.05) is 12.4 Å². The van der Waals surface area contributed by atoms with E-state index in [4.69, 9.17) is 16.3 Å². The zero-order valence-electron chi connectivity index (χ0n) is 16.6. The quantitative estimate of drug-likeness (QED) is 0.561. The third-order valence-corrected chi connectivity index (χ3v) is 5.02. The topological polar surface area (TPSA) is 76.4 Å². The molecule has 152 valence electrons. The molecule has 2 N–H and O–H groups in total. The summed E-state index contributed by atoms with van der Waals surface area (Å²) in [4.78, 5) is 11.3. The molecule has 0 bridgehead atoms. The standard InChI is InChI=1S/C22H24ClN3O3/c1-22(2,21(27)28)29-14-18-12-20(15-8-6-9-17(11-15)24-3)26(25-18)13-16-7-4-5-10-19(16)23/h4-12,24H,13-14H2,1-3H3,(H,27,28). The summed E-state index contributed by atoms with van der Waals surface area (Å²) in [7, 11) is 1.87.